The Hall–Kier alpha value is -4.71. The van der Waals surface area contributed by atoms with Gasteiger partial charge in [-0.2, -0.15) is 5.26 Å². The van der Waals surface area contributed by atoms with E-state index in [0.29, 0.717) is 0 Å². The number of hydrogen-bond donors (Lipinski definition) is 0. The number of methoxy groups -OCH3 is 1. The molecule has 0 amide bonds. The molecule has 0 saturated carbocycles. The number of nitro benzene ring substituents is 2. The van der Waals surface area contributed by atoms with E-state index in [0.717, 1.165) is 5.56 Å². The van der Waals surface area contributed by atoms with Gasteiger partial charge in [-0.15, -0.1) is 0 Å². The van der Waals surface area contributed by atoms with Crippen LogP contribution in [0.4, 0.5) is 11.4 Å². The van der Waals surface area contributed by atoms with Crippen LogP contribution in [0.25, 0.3) is 11.6 Å². The van der Waals surface area contributed by atoms with Crippen molar-refractivity contribution >= 4 is 23.0 Å². The third-order valence-corrected chi connectivity index (χ3v) is 4.54. The quantitative estimate of drug-likeness (QED) is 0.209. The van der Waals surface area contributed by atoms with E-state index in [9.17, 15) is 25.5 Å². The number of nitro groups is 2. The first-order valence-electron chi connectivity index (χ1n) is 9.32. The molecule has 160 valence electrons. The van der Waals surface area contributed by atoms with Crippen LogP contribution in [0.1, 0.15) is 16.7 Å². The summed E-state index contributed by atoms with van der Waals surface area (Å²) in [5.74, 6) is 0.420. The highest BCUT2D eigenvalue weighted by Crippen LogP contribution is 2.37. The van der Waals surface area contributed by atoms with Crippen LogP contribution in [0.2, 0.25) is 0 Å². The van der Waals surface area contributed by atoms with Gasteiger partial charge in [-0.3, -0.25) is 20.2 Å². The van der Waals surface area contributed by atoms with Gasteiger partial charge in [0.1, 0.15) is 6.61 Å². The number of hydrogen-bond acceptors (Lipinski definition) is 7. The van der Waals surface area contributed by atoms with E-state index in [1.807, 2.05) is 36.4 Å². The first-order valence-corrected chi connectivity index (χ1v) is 9.32. The van der Waals surface area contributed by atoms with E-state index >= 15 is 0 Å². The van der Waals surface area contributed by atoms with E-state index in [4.69, 9.17) is 9.47 Å². The van der Waals surface area contributed by atoms with Crippen LogP contribution < -0.4 is 9.47 Å². The van der Waals surface area contributed by atoms with Crippen LogP contribution in [-0.4, -0.2) is 17.0 Å². The van der Waals surface area contributed by atoms with E-state index in [-0.39, 0.29) is 46.2 Å². The maximum atomic E-state index is 11.7. The molecular weight excluding hydrogens is 414 g/mol. The van der Waals surface area contributed by atoms with Crippen LogP contribution in [0.3, 0.4) is 0 Å². The maximum absolute atomic E-state index is 11.7. The molecule has 3 aromatic rings. The molecule has 0 spiro atoms. The predicted octanol–water partition coefficient (Wildman–Crippen LogP) is 5.15. The number of non-ortho nitro benzene ring substituents is 1. The van der Waals surface area contributed by atoms with Crippen LogP contribution in [0.5, 0.6) is 11.5 Å². The average molecular weight is 431 g/mol. The minimum atomic E-state index is -0.594. The Bertz CT molecular complexity index is 1230. The molecule has 0 aliphatic carbocycles. The summed E-state index contributed by atoms with van der Waals surface area (Å²) in [5, 5.41) is 32.3. The second kappa shape index (κ2) is 9.86. The molecule has 0 aromatic heterocycles. The molecule has 0 heterocycles. The zero-order valence-electron chi connectivity index (χ0n) is 16.9. The maximum Gasteiger partial charge on any atom is 0.280 e. The van der Waals surface area contributed by atoms with E-state index in [1.165, 1.54) is 49.6 Å². The highest BCUT2D eigenvalue weighted by atomic mass is 16.6. The molecule has 9 heteroatoms. The summed E-state index contributed by atoms with van der Waals surface area (Å²) in [6, 6.07) is 19.3. The lowest BCUT2D eigenvalue weighted by Crippen LogP contribution is -2.00. The van der Waals surface area contributed by atoms with Crippen LogP contribution in [0, 0.1) is 31.6 Å². The van der Waals surface area contributed by atoms with Gasteiger partial charge in [0.2, 0.25) is 0 Å². The molecule has 3 aromatic carbocycles. The van der Waals surface area contributed by atoms with E-state index in [2.05, 4.69) is 0 Å². The lowest BCUT2D eigenvalue weighted by atomic mass is 10.0. The average Bonchev–Trinajstić information content (AvgIpc) is 2.81. The second-order valence-electron chi connectivity index (χ2n) is 6.57. The summed E-state index contributed by atoms with van der Waals surface area (Å²) in [5.41, 5.74) is 0.768. The molecule has 32 heavy (non-hydrogen) atoms. The van der Waals surface area contributed by atoms with Crippen molar-refractivity contribution in [2.24, 2.45) is 0 Å². The normalized spacial score (nSPS) is 10.8. The molecule has 0 atom stereocenters. The van der Waals surface area contributed by atoms with Gasteiger partial charge in [0.15, 0.2) is 11.5 Å². The lowest BCUT2D eigenvalue weighted by Gasteiger charge is -2.12. The summed E-state index contributed by atoms with van der Waals surface area (Å²) in [4.78, 5) is 21.6. The van der Waals surface area contributed by atoms with Crippen molar-refractivity contribution in [3.05, 3.63) is 104 Å². The fourth-order valence-electron chi connectivity index (χ4n) is 2.97. The van der Waals surface area contributed by atoms with Gasteiger partial charge >= 0.3 is 0 Å². The van der Waals surface area contributed by atoms with E-state index < -0.39 is 9.85 Å². The Morgan fingerprint density at radius 3 is 2.38 bits per heavy atom. The van der Waals surface area contributed by atoms with Gasteiger partial charge in [0.05, 0.1) is 40.2 Å². The van der Waals surface area contributed by atoms with Gasteiger partial charge in [0, 0.05) is 12.1 Å². The topological polar surface area (TPSA) is 129 Å². The van der Waals surface area contributed by atoms with Gasteiger partial charge in [0.25, 0.3) is 11.4 Å². The molecule has 0 saturated heterocycles. The summed E-state index contributed by atoms with van der Waals surface area (Å²) in [7, 11) is 1.40. The summed E-state index contributed by atoms with van der Waals surface area (Å²) in [6.45, 7) is 0.181. The van der Waals surface area contributed by atoms with Gasteiger partial charge in [-0.05, 0) is 23.3 Å². The summed E-state index contributed by atoms with van der Waals surface area (Å²) in [6.07, 6.45) is 1.29. The summed E-state index contributed by atoms with van der Waals surface area (Å²) >= 11 is 0. The molecule has 0 bridgehead atoms. The molecule has 0 unspecified atom stereocenters. The molecule has 0 radical (unpaired) electrons. The van der Waals surface area contributed by atoms with Crippen molar-refractivity contribution in [2.75, 3.05) is 7.11 Å². The first kappa shape index (κ1) is 22.0. The Kier molecular flexibility index (Phi) is 6.78. The Morgan fingerprint density at radius 2 is 1.75 bits per heavy atom. The van der Waals surface area contributed by atoms with Crippen molar-refractivity contribution in [1.29, 1.82) is 5.26 Å². The third-order valence-electron chi connectivity index (χ3n) is 4.54. The monoisotopic (exact) mass is 431 g/mol. The van der Waals surface area contributed by atoms with Crippen molar-refractivity contribution in [2.45, 2.75) is 6.61 Å². The standard InChI is InChI=1S/C23H17N3O6/c1-31-22-12-18(10-19(14-24)17-8-5-9-20(11-17)25(27)28)21(26(29)30)13-23(22)32-15-16-6-3-2-4-7-16/h2-13H,15H2,1H3/b19-10-. The van der Waals surface area contributed by atoms with Gasteiger partial charge in [-0.25, -0.2) is 0 Å². The number of allylic oxidation sites excluding steroid dienone is 1. The first-order chi connectivity index (χ1) is 15.4. The highest BCUT2D eigenvalue weighted by Gasteiger charge is 2.20. The number of ether oxygens (including phenoxy) is 2. The van der Waals surface area contributed by atoms with Crippen LogP contribution >= 0.6 is 0 Å². The number of rotatable bonds is 8. The van der Waals surface area contributed by atoms with E-state index in [1.54, 1.807) is 0 Å². The fraction of sp³-hybridized carbons (Fsp3) is 0.0870. The Balaban J connectivity index is 2.03. The fourth-order valence-corrected chi connectivity index (χ4v) is 2.97. The molecule has 9 nitrogen and oxygen atoms in total. The Labute approximate surface area is 183 Å². The smallest absolute Gasteiger partial charge is 0.280 e. The lowest BCUT2D eigenvalue weighted by molar-refractivity contribution is -0.385. The van der Waals surface area contributed by atoms with Crippen molar-refractivity contribution in [3.8, 4) is 17.6 Å². The summed E-state index contributed by atoms with van der Waals surface area (Å²) < 4.78 is 11.1. The second-order valence-corrected chi connectivity index (χ2v) is 6.57. The zero-order valence-corrected chi connectivity index (χ0v) is 16.9. The van der Waals surface area contributed by atoms with Crippen molar-refractivity contribution < 1.29 is 19.3 Å². The molecule has 0 fully saturated rings. The van der Waals surface area contributed by atoms with Gasteiger partial charge < -0.3 is 9.47 Å². The molecule has 3 rings (SSSR count). The zero-order chi connectivity index (χ0) is 23.1. The van der Waals surface area contributed by atoms with Crippen LogP contribution in [0.15, 0.2) is 66.7 Å². The van der Waals surface area contributed by atoms with Crippen LogP contribution in [-0.2, 0) is 6.61 Å². The van der Waals surface area contributed by atoms with Gasteiger partial charge in [-0.1, -0.05) is 42.5 Å². The van der Waals surface area contributed by atoms with Crippen molar-refractivity contribution in [3.63, 3.8) is 0 Å². The predicted molar refractivity (Wildman–Crippen MR) is 117 cm³/mol. The molecule has 0 aliphatic heterocycles. The highest BCUT2D eigenvalue weighted by molar-refractivity contribution is 5.92. The Morgan fingerprint density at radius 1 is 1.00 bits per heavy atom. The third kappa shape index (κ3) is 5.06. The number of nitrogens with zero attached hydrogens (tertiary/aromatic N) is 3. The molecule has 0 aliphatic rings. The minimum absolute atomic E-state index is 0.0248. The molecular formula is C23H17N3O6. The number of nitriles is 1. The molecule has 0 N–H and O–H groups in total. The minimum Gasteiger partial charge on any atom is -0.493 e. The van der Waals surface area contributed by atoms with Crippen molar-refractivity contribution in [1.82, 2.24) is 0 Å². The largest absolute Gasteiger partial charge is 0.493 e. The SMILES string of the molecule is COc1cc(/C=C(/C#N)c2cccc([N+](=O)[O-])c2)c([N+](=O)[O-])cc1OCc1ccccc1. The number of benzene rings is 3.